The molecule has 1 aromatic heterocycles. The summed E-state index contributed by atoms with van der Waals surface area (Å²) in [7, 11) is 0. The summed E-state index contributed by atoms with van der Waals surface area (Å²) in [5.74, 6) is -0.753. The second kappa shape index (κ2) is 2.62. The number of rotatable bonds is 1. The number of hydrogen-bond donors (Lipinski definition) is 2. The first-order chi connectivity index (χ1) is 4.74. The molecule has 0 aliphatic heterocycles. The molecule has 0 aliphatic carbocycles. The average Bonchev–Trinajstić information content (AvgIpc) is 1.88. The van der Waals surface area contributed by atoms with Crippen molar-refractivity contribution in [2.75, 3.05) is 0 Å². The molecule has 0 aromatic carbocycles. The van der Waals surface area contributed by atoms with Crippen LogP contribution in [0.15, 0.2) is 12.3 Å². The zero-order valence-corrected chi connectivity index (χ0v) is 5.21. The van der Waals surface area contributed by atoms with Gasteiger partial charge in [-0.2, -0.15) is 0 Å². The van der Waals surface area contributed by atoms with Gasteiger partial charge in [0, 0.05) is 12.6 Å². The van der Waals surface area contributed by atoms with Gasteiger partial charge in [-0.05, 0) is 0 Å². The summed E-state index contributed by atoms with van der Waals surface area (Å²) in [5.41, 5.74) is 5.46. The van der Waals surface area contributed by atoms with E-state index in [0.29, 0.717) is 5.69 Å². The van der Waals surface area contributed by atoms with Gasteiger partial charge in [0.25, 0.3) is 0 Å². The minimum absolute atomic E-state index is 0.117. The minimum atomic E-state index is -0.560. The fraction of sp³-hybridized carbons (Fsp3) is 0.167. The third kappa shape index (κ3) is 1.22. The van der Waals surface area contributed by atoms with Crippen molar-refractivity contribution in [2.24, 2.45) is 5.73 Å². The summed E-state index contributed by atoms with van der Waals surface area (Å²) >= 11 is 0. The summed E-state index contributed by atoms with van der Waals surface area (Å²) in [6.07, 6.45) is 1.02. The largest absolute Gasteiger partial charge is 0.506 e. The van der Waals surface area contributed by atoms with Crippen molar-refractivity contribution in [1.82, 2.24) is 4.98 Å². The minimum Gasteiger partial charge on any atom is -0.506 e. The summed E-state index contributed by atoms with van der Waals surface area (Å²) < 4.78 is 12.2. The molecule has 0 amide bonds. The number of pyridine rings is 1. The molecule has 1 rings (SSSR count). The Morgan fingerprint density at radius 3 is 2.90 bits per heavy atom. The lowest BCUT2D eigenvalue weighted by Gasteiger charge is -1.97. The van der Waals surface area contributed by atoms with Crippen molar-refractivity contribution in [2.45, 2.75) is 6.54 Å². The smallest absolute Gasteiger partial charge is 0.145 e. The summed E-state index contributed by atoms with van der Waals surface area (Å²) in [6.45, 7) is 0.117. The molecule has 1 aromatic rings. The van der Waals surface area contributed by atoms with E-state index in [1.807, 2.05) is 0 Å². The third-order valence-electron chi connectivity index (χ3n) is 1.11. The van der Waals surface area contributed by atoms with Crippen molar-refractivity contribution in [1.29, 1.82) is 0 Å². The van der Waals surface area contributed by atoms with Crippen LogP contribution < -0.4 is 5.73 Å². The lowest BCUT2D eigenvalue weighted by atomic mass is 10.3. The number of halogens is 1. The first-order valence-corrected chi connectivity index (χ1v) is 2.77. The van der Waals surface area contributed by atoms with E-state index in [0.717, 1.165) is 12.3 Å². The molecule has 4 heteroatoms. The molecule has 0 aliphatic rings. The van der Waals surface area contributed by atoms with E-state index in [2.05, 4.69) is 4.98 Å². The van der Waals surface area contributed by atoms with E-state index >= 15 is 0 Å². The van der Waals surface area contributed by atoms with Crippen molar-refractivity contribution in [3.05, 3.63) is 23.8 Å². The third-order valence-corrected chi connectivity index (χ3v) is 1.11. The van der Waals surface area contributed by atoms with Gasteiger partial charge in [-0.1, -0.05) is 0 Å². The Kier molecular flexibility index (Phi) is 1.82. The van der Waals surface area contributed by atoms with Crippen molar-refractivity contribution in [3.63, 3.8) is 0 Å². The Bertz CT molecular complexity index is 239. The Labute approximate surface area is 57.3 Å². The van der Waals surface area contributed by atoms with Gasteiger partial charge in [-0.15, -0.1) is 0 Å². The lowest BCUT2D eigenvalue weighted by Crippen LogP contribution is -1.99. The number of aromatic nitrogens is 1. The van der Waals surface area contributed by atoms with Crippen molar-refractivity contribution in [3.8, 4) is 5.75 Å². The predicted octanol–water partition coefficient (Wildman–Crippen LogP) is 0.385. The highest BCUT2D eigenvalue weighted by atomic mass is 19.1. The van der Waals surface area contributed by atoms with Gasteiger partial charge in [0.2, 0.25) is 0 Å². The number of aromatic hydroxyl groups is 1. The maximum atomic E-state index is 12.2. The molecular formula is C6H7FN2O. The van der Waals surface area contributed by atoms with Crippen molar-refractivity contribution < 1.29 is 9.50 Å². The van der Waals surface area contributed by atoms with Crippen LogP contribution in [-0.4, -0.2) is 10.1 Å². The average molecular weight is 142 g/mol. The highest BCUT2D eigenvalue weighted by Gasteiger charge is 2.00. The lowest BCUT2D eigenvalue weighted by molar-refractivity contribution is 0.456. The molecule has 0 saturated carbocycles. The van der Waals surface area contributed by atoms with Crippen LogP contribution in [0.3, 0.4) is 0 Å². The van der Waals surface area contributed by atoms with Crippen LogP contribution in [0.2, 0.25) is 0 Å². The molecule has 0 bridgehead atoms. The van der Waals surface area contributed by atoms with Gasteiger partial charge >= 0.3 is 0 Å². The van der Waals surface area contributed by atoms with E-state index < -0.39 is 5.82 Å². The Morgan fingerprint density at radius 2 is 2.40 bits per heavy atom. The molecule has 3 nitrogen and oxygen atoms in total. The van der Waals surface area contributed by atoms with Crippen LogP contribution >= 0.6 is 0 Å². The van der Waals surface area contributed by atoms with Crippen molar-refractivity contribution >= 4 is 0 Å². The van der Waals surface area contributed by atoms with E-state index in [-0.39, 0.29) is 12.3 Å². The SMILES string of the molecule is NCc1ncc(F)cc1O. The fourth-order valence-corrected chi connectivity index (χ4v) is 0.614. The molecule has 0 spiro atoms. The second-order valence-electron chi connectivity index (χ2n) is 1.82. The molecule has 54 valence electrons. The quantitative estimate of drug-likeness (QED) is 0.596. The normalized spacial score (nSPS) is 9.80. The number of hydrogen-bond acceptors (Lipinski definition) is 3. The van der Waals surface area contributed by atoms with Gasteiger partial charge in [-0.3, -0.25) is 4.98 Å². The topological polar surface area (TPSA) is 59.1 Å². The summed E-state index contributed by atoms with van der Waals surface area (Å²) in [4.78, 5) is 3.55. The monoisotopic (exact) mass is 142 g/mol. The first-order valence-electron chi connectivity index (χ1n) is 2.77. The van der Waals surface area contributed by atoms with Crippen LogP contribution in [0, 0.1) is 5.82 Å². The van der Waals surface area contributed by atoms with Gasteiger partial charge in [-0.25, -0.2) is 4.39 Å². The molecule has 0 atom stereocenters. The molecule has 0 radical (unpaired) electrons. The Hall–Kier alpha value is -1.16. The summed E-state index contributed by atoms with van der Waals surface area (Å²) in [5, 5.41) is 8.91. The van der Waals surface area contributed by atoms with E-state index in [1.54, 1.807) is 0 Å². The molecule has 0 saturated heterocycles. The number of nitrogens with two attached hydrogens (primary N) is 1. The maximum absolute atomic E-state index is 12.2. The van der Waals surface area contributed by atoms with E-state index in [4.69, 9.17) is 10.8 Å². The molecule has 0 unspecified atom stereocenters. The van der Waals surface area contributed by atoms with E-state index in [1.165, 1.54) is 0 Å². The van der Waals surface area contributed by atoms with Gasteiger partial charge in [0.15, 0.2) is 0 Å². The first kappa shape index (κ1) is 6.95. The van der Waals surface area contributed by atoms with Crippen LogP contribution in [0.5, 0.6) is 5.75 Å². The zero-order chi connectivity index (χ0) is 7.56. The van der Waals surface area contributed by atoms with E-state index in [9.17, 15) is 4.39 Å². The maximum Gasteiger partial charge on any atom is 0.145 e. The molecule has 3 N–H and O–H groups in total. The molecular weight excluding hydrogens is 135 g/mol. The standard InChI is InChI=1S/C6H7FN2O/c7-4-1-6(10)5(2-8)9-3-4/h1,3,10H,2,8H2. The van der Waals surface area contributed by atoms with Gasteiger partial charge in [0.1, 0.15) is 11.6 Å². The zero-order valence-electron chi connectivity index (χ0n) is 5.21. The fourth-order valence-electron chi connectivity index (χ4n) is 0.614. The Morgan fingerprint density at radius 1 is 1.70 bits per heavy atom. The number of nitrogens with zero attached hydrogens (tertiary/aromatic N) is 1. The highest BCUT2D eigenvalue weighted by Crippen LogP contribution is 2.13. The highest BCUT2D eigenvalue weighted by molar-refractivity contribution is 5.25. The van der Waals surface area contributed by atoms with Crippen LogP contribution in [0.1, 0.15) is 5.69 Å². The molecule has 1 heterocycles. The van der Waals surface area contributed by atoms with Crippen LogP contribution in [-0.2, 0) is 6.54 Å². The second-order valence-corrected chi connectivity index (χ2v) is 1.82. The summed E-state index contributed by atoms with van der Waals surface area (Å²) in [6, 6.07) is 0.981. The predicted molar refractivity (Wildman–Crippen MR) is 33.8 cm³/mol. The van der Waals surface area contributed by atoms with Crippen LogP contribution in [0.4, 0.5) is 4.39 Å². The van der Waals surface area contributed by atoms with Gasteiger partial charge < -0.3 is 10.8 Å². The van der Waals surface area contributed by atoms with Crippen LogP contribution in [0.25, 0.3) is 0 Å². The Balaban J connectivity index is 3.07. The molecule has 0 fully saturated rings. The molecule has 10 heavy (non-hydrogen) atoms. The van der Waals surface area contributed by atoms with Gasteiger partial charge in [0.05, 0.1) is 11.9 Å².